The molecular formula is C22H27N5O4S2. The van der Waals surface area contributed by atoms with Crippen molar-refractivity contribution in [3.63, 3.8) is 0 Å². The zero-order valence-electron chi connectivity index (χ0n) is 18.9. The fourth-order valence-corrected chi connectivity index (χ4v) is 4.46. The van der Waals surface area contributed by atoms with Gasteiger partial charge < -0.3 is 19.4 Å². The first kappa shape index (κ1) is 24.7. The lowest BCUT2D eigenvalue weighted by Gasteiger charge is -2.09. The number of carbonyl (C=O) groups is 2. The molecule has 0 fully saturated rings. The third-order valence-corrected chi connectivity index (χ3v) is 6.34. The summed E-state index contributed by atoms with van der Waals surface area (Å²) in [6.45, 7) is 7.14. The van der Waals surface area contributed by atoms with E-state index in [0.717, 1.165) is 12.2 Å². The van der Waals surface area contributed by atoms with Crippen LogP contribution in [0.5, 0.6) is 5.75 Å². The predicted molar refractivity (Wildman–Crippen MR) is 128 cm³/mol. The molecule has 0 aliphatic rings. The van der Waals surface area contributed by atoms with Crippen molar-refractivity contribution in [3.8, 4) is 5.75 Å². The van der Waals surface area contributed by atoms with E-state index in [4.69, 9.17) is 9.47 Å². The number of hydrogen-bond donors (Lipinski definition) is 1. The number of esters is 1. The fourth-order valence-electron chi connectivity index (χ4n) is 2.91. The van der Waals surface area contributed by atoms with Crippen LogP contribution in [0, 0.1) is 0 Å². The molecule has 9 nitrogen and oxygen atoms in total. The monoisotopic (exact) mass is 489 g/mol. The van der Waals surface area contributed by atoms with Crippen molar-refractivity contribution in [3.05, 3.63) is 46.7 Å². The summed E-state index contributed by atoms with van der Waals surface area (Å²) in [4.78, 5) is 28.2. The van der Waals surface area contributed by atoms with Gasteiger partial charge in [0.1, 0.15) is 12.4 Å². The van der Waals surface area contributed by atoms with Gasteiger partial charge in [-0.15, -0.1) is 21.5 Å². The molecule has 1 aromatic carbocycles. The van der Waals surface area contributed by atoms with Gasteiger partial charge in [0.05, 0.1) is 24.5 Å². The van der Waals surface area contributed by atoms with Crippen molar-refractivity contribution in [1.82, 2.24) is 19.7 Å². The van der Waals surface area contributed by atoms with Crippen molar-refractivity contribution in [1.29, 1.82) is 0 Å². The Balaban J connectivity index is 1.50. The summed E-state index contributed by atoms with van der Waals surface area (Å²) >= 11 is 2.56. The molecule has 2 heterocycles. The van der Waals surface area contributed by atoms with E-state index >= 15 is 0 Å². The Hall–Kier alpha value is -2.92. The summed E-state index contributed by atoms with van der Waals surface area (Å²) in [5.41, 5.74) is 1.82. The molecular weight excluding hydrogens is 462 g/mol. The first-order valence-corrected chi connectivity index (χ1v) is 12.5. The molecule has 0 saturated heterocycles. The summed E-state index contributed by atoms with van der Waals surface area (Å²) in [6.07, 6.45) is 1.07. The number of nitrogens with one attached hydrogen (secondary N) is 1. The van der Waals surface area contributed by atoms with Crippen molar-refractivity contribution in [2.24, 2.45) is 0 Å². The molecule has 0 saturated carbocycles. The van der Waals surface area contributed by atoms with Crippen molar-refractivity contribution < 1.29 is 19.1 Å². The Bertz CT molecular complexity index is 1070. The summed E-state index contributed by atoms with van der Waals surface area (Å²) in [7, 11) is 0. The van der Waals surface area contributed by atoms with Crippen LogP contribution in [-0.4, -0.2) is 44.0 Å². The first-order chi connectivity index (χ1) is 16.0. The van der Waals surface area contributed by atoms with Crippen molar-refractivity contribution in [2.45, 2.75) is 51.9 Å². The number of nitrogens with zero attached hydrogens (tertiary/aromatic N) is 4. The largest absolute Gasteiger partial charge is 0.486 e. The zero-order valence-corrected chi connectivity index (χ0v) is 20.5. The molecule has 0 bridgehead atoms. The zero-order chi connectivity index (χ0) is 23.6. The van der Waals surface area contributed by atoms with E-state index in [1.54, 1.807) is 12.3 Å². The number of rotatable bonds is 12. The van der Waals surface area contributed by atoms with Crippen LogP contribution in [0.25, 0.3) is 0 Å². The van der Waals surface area contributed by atoms with Crippen LogP contribution in [0.1, 0.15) is 37.9 Å². The number of hydrogen-bond acceptors (Lipinski definition) is 9. The number of aromatic nitrogens is 4. The number of thioether (sulfide) groups is 1. The van der Waals surface area contributed by atoms with E-state index in [2.05, 4.69) is 27.4 Å². The topological polar surface area (TPSA) is 108 Å². The van der Waals surface area contributed by atoms with E-state index in [9.17, 15) is 9.59 Å². The molecule has 0 aliphatic carbocycles. The van der Waals surface area contributed by atoms with Crippen LogP contribution in [0.3, 0.4) is 0 Å². The Morgan fingerprint density at radius 3 is 2.64 bits per heavy atom. The van der Waals surface area contributed by atoms with Crippen molar-refractivity contribution in [2.75, 3.05) is 17.7 Å². The number of aryl methyl sites for hydroxylation is 1. The van der Waals surface area contributed by atoms with Gasteiger partial charge in [-0.1, -0.05) is 30.8 Å². The number of anilines is 1. The minimum atomic E-state index is -0.340. The molecule has 0 radical (unpaired) electrons. The molecule has 1 N–H and O–H groups in total. The number of thiazole rings is 1. The average molecular weight is 490 g/mol. The maximum Gasteiger partial charge on any atom is 0.311 e. The molecule has 33 heavy (non-hydrogen) atoms. The van der Waals surface area contributed by atoms with Gasteiger partial charge in [-0.3, -0.25) is 9.59 Å². The molecule has 11 heteroatoms. The van der Waals surface area contributed by atoms with Crippen LogP contribution in [-0.2, 0) is 40.3 Å². The van der Waals surface area contributed by atoms with Gasteiger partial charge in [0.2, 0.25) is 5.91 Å². The highest BCUT2D eigenvalue weighted by Crippen LogP contribution is 2.21. The van der Waals surface area contributed by atoms with Crippen molar-refractivity contribution >= 4 is 40.1 Å². The van der Waals surface area contributed by atoms with Gasteiger partial charge in [0.15, 0.2) is 16.1 Å². The van der Waals surface area contributed by atoms with Crippen LogP contribution >= 0.6 is 23.1 Å². The minimum absolute atomic E-state index is 0.0855. The fraction of sp³-hybridized carbons (Fsp3) is 0.409. The SMILES string of the molecule is CCOC(=O)Cc1csc(NC(=O)CSc2nnc(COc3ccc(CC)cc3)n2CC)n1. The lowest BCUT2D eigenvalue weighted by molar-refractivity contribution is -0.142. The number of benzene rings is 1. The van der Waals surface area contributed by atoms with Crippen LogP contribution < -0.4 is 10.1 Å². The lowest BCUT2D eigenvalue weighted by atomic mass is 10.2. The van der Waals surface area contributed by atoms with Crippen LogP contribution in [0.15, 0.2) is 34.8 Å². The maximum atomic E-state index is 12.4. The standard InChI is InChI=1S/C22H27N5O4S2/c1-4-15-7-9-17(10-8-15)31-12-18-25-26-22(27(18)5-2)33-14-19(28)24-21-23-16(13-32-21)11-20(29)30-6-3/h7-10,13H,4-6,11-12,14H2,1-3H3,(H,23,24,28). The molecule has 0 unspecified atom stereocenters. The van der Waals surface area contributed by atoms with E-state index in [1.807, 2.05) is 35.8 Å². The summed E-state index contributed by atoms with van der Waals surface area (Å²) < 4.78 is 12.7. The van der Waals surface area contributed by atoms with Gasteiger partial charge in [0, 0.05) is 11.9 Å². The average Bonchev–Trinajstić information content (AvgIpc) is 3.42. The molecule has 3 rings (SSSR count). The normalized spacial score (nSPS) is 10.8. The van der Waals surface area contributed by atoms with E-state index in [-0.39, 0.29) is 24.1 Å². The quantitative estimate of drug-likeness (QED) is 0.303. The van der Waals surface area contributed by atoms with E-state index < -0.39 is 0 Å². The predicted octanol–water partition coefficient (Wildman–Crippen LogP) is 3.73. The molecule has 0 aliphatic heterocycles. The summed E-state index contributed by atoms with van der Waals surface area (Å²) in [6, 6.07) is 7.98. The number of carbonyl (C=O) groups excluding carboxylic acids is 2. The highest BCUT2D eigenvalue weighted by atomic mass is 32.2. The first-order valence-electron chi connectivity index (χ1n) is 10.7. The molecule has 3 aromatic rings. The Morgan fingerprint density at radius 1 is 1.15 bits per heavy atom. The van der Waals surface area contributed by atoms with Crippen LogP contribution in [0.2, 0.25) is 0 Å². The van der Waals surface area contributed by atoms with Gasteiger partial charge in [-0.05, 0) is 38.0 Å². The molecule has 2 aromatic heterocycles. The highest BCUT2D eigenvalue weighted by molar-refractivity contribution is 7.99. The summed E-state index contributed by atoms with van der Waals surface area (Å²) in [5, 5.41) is 14.0. The minimum Gasteiger partial charge on any atom is -0.486 e. The highest BCUT2D eigenvalue weighted by Gasteiger charge is 2.15. The molecule has 0 atom stereocenters. The van der Waals surface area contributed by atoms with Gasteiger partial charge in [0.25, 0.3) is 0 Å². The van der Waals surface area contributed by atoms with Gasteiger partial charge >= 0.3 is 5.97 Å². The molecule has 176 valence electrons. The van der Waals surface area contributed by atoms with Gasteiger partial charge in [-0.2, -0.15) is 0 Å². The van der Waals surface area contributed by atoms with Gasteiger partial charge in [-0.25, -0.2) is 4.98 Å². The molecule has 1 amide bonds. The van der Waals surface area contributed by atoms with E-state index in [1.165, 1.54) is 28.7 Å². The number of amides is 1. The maximum absolute atomic E-state index is 12.4. The Kier molecular flexibility index (Phi) is 9.25. The third kappa shape index (κ3) is 7.29. The lowest BCUT2D eigenvalue weighted by Crippen LogP contribution is -2.15. The second-order valence-corrected chi connectivity index (χ2v) is 8.69. The second-order valence-electron chi connectivity index (χ2n) is 6.89. The Morgan fingerprint density at radius 2 is 1.94 bits per heavy atom. The Labute approximate surface area is 200 Å². The second kappa shape index (κ2) is 12.4. The number of ether oxygens (including phenoxy) is 2. The third-order valence-electron chi connectivity index (χ3n) is 4.57. The molecule has 0 spiro atoms. The van der Waals surface area contributed by atoms with E-state index in [0.29, 0.717) is 41.6 Å². The van der Waals surface area contributed by atoms with Crippen LogP contribution in [0.4, 0.5) is 5.13 Å². The smallest absolute Gasteiger partial charge is 0.311 e. The summed E-state index contributed by atoms with van der Waals surface area (Å²) in [5.74, 6) is 1.08.